The predicted molar refractivity (Wildman–Crippen MR) is 52.4 cm³/mol. The first-order chi connectivity index (χ1) is 6.25. The predicted octanol–water partition coefficient (Wildman–Crippen LogP) is 1.12. The number of nitrogens with two attached hydrogens (primary N) is 1. The molecule has 0 unspecified atom stereocenters. The van der Waals surface area contributed by atoms with E-state index in [0.29, 0.717) is 23.3 Å². The minimum absolute atomic E-state index is 0.217. The second kappa shape index (κ2) is 5.04. The maximum absolute atomic E-state index is 11.3. The van der Waals surface area contributed by atoms with Crippen LogP contribution in [-0.4, -0.2) is 19.0 Å². The molecule has 0 bridgehead atoms. The van der Waals surface area contributed by atoms with Crippen molar-refractivity contribution < 1.29 is 9.21 Å². The van der Waals surface area contributed by atoms with Gasteiger partial charge in [0.2, 0.25) is 5.76 Å². The topological polar surface area (TPSA) is 68.3 Å². The van der Waals surface area contributed by atoms with Gasteiger partial charge in [-0.1, -0.05) is 0 Å². The van der Waals surface area contributed by atoms with Crippen molar-refractivity contribution in [1.29, 1.82) is 0 Å². The molecule has 0 aliphatic heterocycles. The van der Waals surface area contributed by atoms with Crippen molar-refractivity contribution in [2.75, 3.05) is 13.1 Å². The molecule has 13 heavy (non-hydrogen) atoms. The fraction of sp³-hybridized carbons (Fsp3) is 0.375. The minimum Gasteiger partial charge on any atom is -0.458 e. The molecule has 3 N–H and O–H groups in total. The van der Waals surface area contributed by atoms with Crippen LogP contribution in [0.15, 0.2) is 21.2 Å². The maximum atomic E-state index is 11.3. The van der Waals surface area contributed by atoms with E-state index in [-0.39, 0.29) is 5.91 Å². The summed E-state index contributed by atoms with van der Waals surface area (Å²) in [6, 6.07) is 1.68. The smallest absolute Gasteiger partial charge is 0.288 e. The molecule has 1 heterocycles. The summed E-state index contributed by atoms with van der Waals surface area (Å²) in [7, 11) is 0. The Bertz CT molecular complexity index is 285. The Kier molecular flexibility index (Phi) is 3.98. The molecule has 0 spiro atoms. The average molecular weight is 247 g/mol. The van der Waals surface area contributed by atoms with E-state index in [1.54, 1.807) is 6.07 Å². The van der Waals surface area contributed by atoms with Gasteiger partial charge in [0.15, 0.2) is 0 Å². The highest BCUT2D eigenvalue weighted by Gasteiger charge is 2.12. The largest absolute Gasteiger partial charge is 0.458 e. The molecule has 0 atom stereocenters. The second-order valence-corrected chi connectivity index (χ2v) is 3.35. The highest BCUT2D eigenvalue weighted by molar-refractivity contribution is 9.10. The third kappa shape index (κ3) is 2.86. The van der Waals surface area contributed by atoms with Crippen LogP contribution >= 0.6 is 15.9 Å². The van der Waals surface area contributed by atoms with Crippen LogP contribution in [0.1, 0.15) is 17.0 Å². The monoisotopic (exact) mass is 246 g/mol. The van der Waals surface area contributed by atoms with Crippen LogP contribution in [-0.2, 0) is 0 Å². The maximum Gasteiger partial charge on any atom is 0.288 e. The summed E-state index contributed by atoms with van der Waals surface area (Å²) in [5, 5.41) is 2.68. The van der Waals surface area contributed by atoms with Gasteiger partial charge in [0, 0.05) is 6.54 Å². The molecule has 0 fully saturated rings. The Morgan fingerprint density at radius 2 is 2.46 bits per heavy atom. The number of hydrogen-bond acceptors (Lipinski definition) is 3. The summed E-state index contributed by atoms with van der Waals surface area (Å²) in [5.41, 5.74) is 5.28. The molecular weight excluding hydrogens is 236 g/mol. The zero-order valence-electron chi connectivity index (χ0n) is 7.05. The van der Waals surface area contributed by atoms with Crippen molar-refractivity contribution in [1.82, 2.24) is 5.32 Å². The van der Waals surface area contributed by atoms with Crippen molar-refractivity contribution in [3.63, 3.8) is 0 Å². The van der Waals surface area contributed by atoms with Crippen molar-refractivity contribution in [3.05, 3.63) is 22.6 Å². The van der Waals surface area contributed by atoms with E-state index in [1.807, 2.05) is 0 Å². The van der Waals surface area contributed by atoms with E-state index < -0.39 is 0 Å². The van der Waals surface area contributed by atoms with Crippen LogP contribution < -0.4 is 11.1 Å². The lowest BCUT2D eigenvalue weighted by atomic mass is 10.4. The van der Waals surface area contributed by atoms with Crippen molar-refractivity contribution in [3.8, 4) is 0 Å². The third-order valence-electron chi connectivity index (χ3n) is 1.49. The van der Waals surface area contributed by atoms with Gasteiger partial charge in [-0.2, -0.15) is 0 Å². The average Bonchev–Trinajstić information content (AvgIpc) is 2.52. The molecule has 0 saturated carbocycles. The van der Waals surface area contributed by atoms with Crippen LogP contribution in [0.3, 0.4) is 0 Å². The lowest BCUT2D eigenvalue weighted by molar-refractivity contribution is 0.0925. The molecule has 4 nitrogen and oxygen atoms in total. The Balaban J connectivity index is 2.45. The highest BCUT2D eigenvalue weighted by atomic mass is 79.9. The first kappa shape index (κ1) is 10.3. The summed E-state index contributed by atoms with van der Waals surface area (Å²) in [6.07, 6.45) is 2.23. The van der Waals surface area contributed by atoms with Crippen LogP contribution in [0.4, 0.5) is 0 Å². The number of carbonyl (C=O) groups is 1. The molecule has 0 radical (unpaired) electrons. The zero-order valence-corrected chi connectivity index (χ0v) is 8.63. The standard InChI is InChI=1S/C8H11BrN2O2/c9-6-2-5-13-7(6)8(12)11-4-1-3-10/h2,5H,1,3-4,10H2,(H,11,12). The molecule has 1 aromatic rings. The molecule has 0 aromatic carbocycles. The van der Waals surface area contributed by atoms with Gasteiger partial charge < -0.3 is 15.5 Å². The minimum atomic E-state index is -0.217. The zero-order chi connectivity index (χ0) is 9.68. The highest BCUT2D eigenvalue weighted by Crippen LogP contribution is 2.16. The van der Waals surface area contributed by atoms with Crippen LogP contribution in [0.25, 0.3) is 0 Å². The normalized spacial score (nSPS) is 10.0. The van der Waals surface area contributed by atoms with Crippen LogP contribution in [0.5, 0.6) is 0 Å². The molecule has 0 aliphatic carbocycles. The number of hydrogen-bond donors (Lipinski definition) is 2. The van der Waals surface area contributed by atoms with Crippen molar-refractivity contribution in [2.45, 2.75) is 6.42 Å². The lowest BCUT2D eigenvalue weighted by Crippen LogP contribution is -2.25. The number of carbonyl (C=O) groups excluding carboxylic acids is 1. The second-order valence-electron chi connectivity index (χ2n) is 2.50. The lowest BCUT2D eigenvalue weighted by Gasteiger charge is -2.01. The molecule has 1 amide bonds. The van der Waals surface area contributed by atoms with E-state index >= 15 is 0 Å². The van der Waals surface area contributed by atoms with Gasteiger partial charge in [-0.3, -0.25) is 4.79 Å². The molecule has 1 rings (SSSR count). The summed E-state index contributed by atoms with van der Waals surface area (Å²) in [5.74, 6) is 0.0855. The SMILES string of the molecule is NCCCNC(=O)c1occc1Br. The molecule has 1 aromatic heterocycles. The van der Waals surface area contributed by atoms with Crippen LogP contribution in [0, 0.1) is 0 Å². The number of rotatable bonds is 4. The first-order valence-electron chi connectivity index (χ1n) is 3.97. The Labute approximate surface area is 84.6 Å². The van der Waals surface area contributed by atoms with Crippen molar-refractivity contribution >= 4 is 21.8 Å². The molecule has 5 heteroatoms. The molecule has 72 valence electrons. The van der Waals surface area contributed by atoms with E-state index in [0.717, 1.165) is 6.42 Å². The summed E-state index contributed by atoms with van der Waals surface area (Å²) >= 11 is 3.20. The Morgan fingerprint density at radius 3 is 3.00 bits per heavy atom. The Hall–Kier alpha value is -0.810. The molecular formula is C8H11BrN2O2. The Morgan fingerprint density at radius 1 is 1.69 bits per heavy atom. The van der Waals surface area contributed by atoms with E-state index in [4.69, 9.17) is 10.2 Å². The summed E-state index contributed by atoms with van der Waals surface area (Å²) < 4.78 is 5.63. The van der Waals surface area contributed by atoms with E-state index in [9.17, 15) is 4.79 Å². The number of amides is 1. The quantitative estimate of drug-likeness (QED) is 0.783. The van der Waals surface area contributed by atoms with Gasteiger partial charge in [0.1, 0.15) is 0 Å². The molecule has 0 saturated heterocycles. The van der Waals surface area contributed by atoms with Crippen molar-refractivity contribution in [2.24, 2.45) is 5.73 Å². The molecule has 0 aliphatic rings. The van der Waals surface area contributed by atoms with Gasteiger partial charge in [-0.05, 0) is 35.0 Å². The van der Waals surface area contributed by atoms with E-state index in [1.165, 1.54) is 6.26 Å². The number of halogens is 1. The fourth-order valence-electron chi connectivity index (χ4n) is 0.840. The first-order valence-corrected chi connectivity index (χ1v) is 4.76. The van der Waals surface area contributed by atoms with Gasteiger partial charge in [0.05, 0.1) is 10.7 Å². The fourth-order valence-corrected chi connectivity index (χ4v) is 1.22. The number of nitrogens with one attached hydrogen (secondary N) is 1. The van der Waals surface area contributed by atoms with Gasteiger partial charge in [0.25, 0.3) is 5.91 Å². The third-order valence-corrected chi connectivity index (χ3v) is 2.11. The van der Waals surface area contributed by atoms with Gasteiger partial charge in [-0.15, -0.1) is 0 Å². The number of furan rings is 1. The van der Waals surface area contributed by atoms with Crippen LogP contribution in [0.2, 0.25) is 0 Å². The summed E-state index contributed by atoms with van der Waals surface area (Å²) in [6.45, 7) is 1.14. The van der Waals surface area contributed by atoms with Gasteiger partial charge >= 0.3 is 0 Å². The van der Waals surface area contributed by atoms with Gasteiger partial charge in [-0.25, -0.2) is 0 Å². The van der Waals surface area contributed by atoms with E-state index in [2.05, 4.69) is 21.2 Å². The summed E-state index contributed by atoms with van der Waals surface area (Å²) in [4.78, 5) is 11.3.